The lowest BCUT2D eigenvalue weighted by Crippen LogP contribution is -2.46. The molecule has 2 amide bonds. The van der Waals surface area contributed by atoms with Crippen molar-refractivity contribution in [3.8, 4) is 0 Å². The zero-order chi connectivity index (χ0) is 36.8. The molecule has 0 spiro atoms. The van der Waals surface area contributed by atoms with Gasteiger partial charge in [-0.05, 0) is 62.6 Å². The molecular formula is C34H45ClN4O8S2. The second kappa shape index (κ2) is 19.4. The van der Waals surface area contributed by atoms with Crippen LogP contribution in [0.15, 0.2) is 70.7 Å². The van der Waals surface area contributed by atoms with E-state index in [-0.39, 0.29) is 28.7 Å². The summed E-state index contributed by atoms with van der Waals surface area (Å²) in [6.45, 7) is 7.29. The van der Waals surface area contributed by atoms with Crippen LogP contribution >= 0.6 is 11.6 Å². The number of sulfone groups is 1. The average Bonchev–Trinajstić information content (AvgIpc) is 3.53. The molecule has 1 unspecified atom stereocenters. The van der Waals surface area contributed by atoms with Crippen molar-refractivity contribution in [1.29, 1.82) is 0 Å². The molecule has 3 N–H and O–H groups in total. The van der Waals surface area contributed by atoms with Crippen molar-refractivity contribution >= 4 is 54.9 Å². The van der Waals surface area contributed by atoms with Crippen LogP contribution in [0.5, 0.6) is 0 Å². The van der Waals surface area contributed by atoms with Gasteiger partial charge in [0.1, 0.15) is 12.6 Å². The minimum Gasteiger partial charge on any atom is -0.480 e. The summed E-state index contributed by atoms with van der Waals surface area (Å²) < 4.78 is 49.8. The van der Waals surface area contributed by atoms with Gasteiger partial charge in [-0.3, -0.25) is 19.4 Å². The molecule has 3 aromatic rings. The predicted molar refractivity (Wildman–Crippen MR) is 190 cm³/mol. The highest BCUT2D eigenvalue weighted by atomic mass is 35.5. The summed E-state index contributed by atoms with van der Waals surface area (Å²) in [7, 11) is -7.68. The Labute approximate surface area is 294 Å². The van der Waals surface area contributed by atoms with Gasteiger partial charge in [0.25, 0.3) is 5.91 Å². The number of carboxylic acids is 1. The maximum absolute atomic E-state index is 12.8. The molecule has 2 aromatic carbocycles. The first kappa shape index (κ1) is 41.3. The third-order valence-electron chi connectivity index (χ3n) is 7.39. The van der Waals surface area contributed by atoms with E-state index in [1.54, 1.807) is 6.20 Å². The molecule has 1 atom stereocenters. The number of nitrogens with zero attached hydrogens (tertiary/aromatic N) is 2. The van der Waals surface area contributed by atoms with E-state index in [0.717, 1.165) is 33.4 Å². The number of amides is 2. The largest absolute Gasteiger partial charge is 0.480 e. The van der Waals surface area contributed by atoms with Gasteiger partial charge in [-0.25, -0.2) is 16.8 Å². The first-order valence-corrected chi connectivity index (χ1v) is 19.6. The number of rotatable bonds is 8. The van der Waals surface area contributed by atoms with E-state index in [4.69, 9.17) is 16.7 Å². The van der Waals surface area contributed by atoms with Crippen LogP contribution in [0.25, 0.3) is 0 Å². The van der Waals surface area contributed by atoms with E-state index < -0.39 is 44.3 Å². The van der Waals surface area contributed by atoms with Crippen LogP contribution in [-0.4, -0.2) is 74.4 Å². The van der Waals surface area contributed by atoms with Gasteiger partial charge in [-0.1, -0.05) is 74.9 Å². The Balaban J connectivity index is 0.000000301. The number of aryl methyl sites for hydroxylation is 2. The topological polar surface area (TPSA) is 180 Å². The van der Waals surface area contributed by atoms with Gasteiger partial charge in [-0.15, -0.1) is 0 Å². The summed E-state index contributed by atoms with van der Waals surface area (Å²) in [6, 6.07) is 11.5. The predicted octanol–water partition coefficient (Wildman–Crippen LogP) is 5.63. The fourth-order valence-corrected chi connectivity index (χ4v) is 7.21. The molecule has 1 aromatic heterocycles. The van der Waals surface area contributed by atoms with Crippen LogP contribution in [0.3, 0.4) is 0 Å². The van der Waals surface area contributed by atoms with Gasteiger partial charge in [-0.2, -0.15) is 4.31 Å². The number of aromatic nitrogens is 1. The summed E-state index contributed by atoms with van der Waals surface area (Å²) in [5, 5.41) is 14.0. The first-order chi connectivity index (χ1) is 23.1. The van der Waals surface area contributed by atoms with Crippen LogP contribution in [0.1, 0.15) is 73.9 Å². The fraction of sp³-hybridized carbons (Fsp3) is 0.412. The van der Waals surface area contributed by atoms with Crippen molar-refractivity contribution in [1.82, 2.24) is 14.6 Å². The van der Waals surface area contributed by atoms with E-state index in [0.29, 0.717) is 17.0 Å². The van der Waals surface area contributed by atoms with Gasteiger partial charge >= 0.3 is 5.97 Å². The maximum atomic E-state index is 12.8. The molecule has 2 fully saturated rings. The van der Waals surface area contributed by atoms with Gasteiger partial charge in [0, 0.05) is 30.9 Å². The number of carbonyl (C=O) groups excluding carboxylic acids is 2. The van der Waals surface area contributed by atoms with Crippen LogP contribution in [0.2, 0.25) is 5.02 Å². The van der Waals surface area contributed by atoms with E-state index in [1.807, 2.05) is 52.0 Å². The van der Waals surface area contributed by atoms with Crippen molar-refractivity contribution in [2.45, 2.75) is 82.1 Å². The number of hydrogen-bond donors (Lipinski definition) is 3. The molecule has 0 bridgehead atoms. The van der Waals surface area contributed by atoms with Crippen molar-refractivity contribution in [3.05, 3.63) is 82.6 Å². The van der Waals surface area contributed by atoms with Crippen molar-refractivity contribution in [2.75, 3.05) is 24.7 Å². The molecule has 12 nitrogen and oxygen atoms in total. The fourth-order valence-electron chi connectivity index (χ4n) is 4.47. The molecule has 49 heavy (non-hydrogen) atoms. The first-order valence-electron chi connectivity index (χ1n) is 15.9. The van der Waals surface area contributed by atoms with Gasteiger partial charge < -0.3 is 15.7 Å². The Morgan fingerprint density at radius 1 is 0.918 bits per heavy atom. The highest BCUT2D eigenvalue weighted by Crippen LogP contribution is 2.27. The number of halogens is 1. The number of benzene rings is 2. The average molecular weight is 737 g/mol. The molecule has 1 saturated carbocycles. The Hall–Kier alpha value is -3.85. The number of hydrogen-bond acceptors (Lipinski definition) is 8. The van der Waals surface area contributed by atoms with E-state index >= 15 is 0 Å². The highest BCUT2D eigenvalue weighted by Gasteiger charge is 2.39. The lowest BCUT2D eigenvalue weighted by molar-refractivity contribution is -0.138. The number of pyridine rings is 1. The second-order valence-electron chi connectivity index (χ2n) is 11.2. The van der Waals surface area contributed by atoms with E-state index in [1.165, 1.54) is 50.1 Å². The van der Waals surface area contributed by atoms with E-state index in [2.05, 4.69) is 15.6 Å². The number of anilines is 1. The summed E-state index contributed by atoms with van der Waals surface area (Å²) in [6.07, 6.45) is 10.8. The minimum absolute atomic E-state index is 0.0938. The summed E-state index contributed by atoms with van der Waals surface area (Å²) >= 11 is 5.99. The Morgan fingerprint density at radius 3 is 2.04 bits per heavy atom. The highest BCUT2D eigenvalue weighted by molar-refractivity contribution is 7.91. The third-order valence-corrected chi connectivity index (χ3v) is 10.7. The molecule has 2 heterocycles. The van der Waals surface area contributed by atoms with Gasteiger partial charge in [0.15, 0.2) is 9.84 Å². The van der Waals surface area contributed by atoms with Crippen LogP contribution in [0, 0.1) is 13.8 Å². The number of carbonyl (C=O) groups is 3. The second-order valence-corrected chi connectivity index (χ2v) is 15.5. The molecule has 15 heteroatoms. The van der Waals surface area contributed by atoms with Gasteiger partial charge in [0.2, 0.25) is 15.9 Å². The number of nitrogens with one attached hydrogen (secondary N) is 2. The lowest BCUT2D eigenvalue weighted by atomic mass is 10.0. The molecule has 2 aliphatic rings. The lowest BCUT2D eigenvalue weighted by Gasteiger charge is -2.23. The van der Waals surface area contributed by atoms with Crippen molar-refractivity contribution in [3.63, 3.8) is 0 Å². The summed E-state index contributed by atoms with van der Waals surface area (Å²) in [4.78, 5) is 38.3. The number of carboxylic acid groups (broad SMARTS) is 1. The SMILES string of the molecule is C1CCC1.CC.CS(=O)(=O)c1cccc(S(=O)(=O)N2CCCC2C(=O)NCC(=O)O)c1.Cc1ccc(NC(=O)c2c(C)cncc2Cl)cc1. The maximum Gasteiger partial charge on any atom is 0.322 e. The molecule has 1 aliphatic heterocycles. The Morgan fingerprint density at radius 2 is 1.51 bits per heavy atom. The molecule has 5 rings (SSSR count). The molecule has 0 radical (unpaired) electrons. The number of aliphatic carboxylic acids is 1. The quantitative estimate of drug-likeness (QED) is 0.264. The Kier molecular flexibility index (Phi) is 16.3. The van der Waals surface area contributed by atoms with Gasteiger partial charge in [0.05, 0.1) is 20.4 Å². The van der Waals surface area contributed by atoms with E-state index in [9.17, 15) is 31.2 Å². The van der Waals surface area contributed by atoms with Crippen molar-refractivity contribution in [2.24, 2.45) is 0 Å². The summed E-state index contributed by atoms with van der Waals surface area (Å²) in [5.41, 5.74) is 3.11. The summed E-state index contributed by atoms with van der Waals surface area (Å²) in [5.74, 6) is -2.15. The normalized spacial score (nSPS) is 15.4. The molecule has 268 valence electrons. The van der Waals surface area contributed by atoms with Crippen LogP contribution in [-0.2, 0) is 29.4 Å². The van der Waals surface area contributed by atoms with Crippen molar-refractivity contribution < 1.29 is 36.3 Å². The van der Waals surface area contributed by atoms with Crippen LogP contribution in [0.4, 0.5) is 5.69 Å². The Bertz CT molecular complexity index is 1770. The monoisotopic (exact) mass is 736 g/mol. The standard InChI is InChI=1S/C14H13ClN2O.C14H18N2O7S2.C4H8.C2H6/c1-9-3-5-11(6-4-9)17-14(18)13-10(2)7-16-8-12(13)15;1-24(20,21)10-4-2-5-11(8-10)25(22,23)16-7-3-6-12(16)14(19)15-9-13(17)18;1-2-4-3-1;1-2/h3-8H,1-2H3,(H,17,18);2,4-5,8,12H,3,6-7,9H2,1H3,(H,15,19)(H,17,18);1-4H2;1-2H3. The third kappa shape index (κ3) is 12.5. The zero-order valence-corrected chi connectivity index (χ0v) is 30.8. The minimum atomic E-state index is -4.09. The molecule has 1 saturated heterocycles. The number of sulfonamides is 1. The smallest absolute Gasteiger partial charge is 0.322 e. The van der Waals surface area contributed by atoms with Crippen LogP contribution < -0.4 is 10.6 Å². The molecular weight excluding hydrogens is 692 g/mol. The molecule has 1 aliphatic carbocycles. The zero-order valence-electron chi connectivity index (χ0n) is 28.4.